The highest BCUT2D eigenvalue weighted by molar-refractivity contribution is 6.18. The average Bonchev–Trinajstić information content (AvgIpc) is 3.14. The second-order valence-corrected chi connectivity index (χ2v) is 11.6. The van der Waals surface area contributed by atoms with Crippen molar-refractivity contribution in [2.75, 3.05) is 0 Å². The molecule has 0 aliphatic carbocycles. The number of nitrogens with zero attached hydrogens (tertiary/aromatic N) is 3. The molecule has 3 nitrogen and oxygen atoms in total. The highest BCUT2D eigenvalue weighted by atomic mass is 15.0. The van der Waals surface area contributed by atoms with E-state index in [-0.39, 0.29) is 0 Å². The maximum atomic E-state index is 5.03. The van der Waals surface area contributed by atoms with Gasteiger partial charge in [0.2, 0.25) is 0 Å². The Balaban J connectivity index is 1.24. The molecule has 1 aromatic heterocycles. The molecule has 0 bridgehead atoms. The van der Waals surface area contributed by atoms with Crippen LogP contribution >= 0.6 is 0 Å². The molecule has 0 aliphatic heterocycles. The van der Waals surface area contributed by atoms with Crippen molar-refractivity contribution in [2.45, 2.75) is 0 Å². The Morgan fingerprint density at radius 1 is 0.261 bits per heavy atom. The molecule has 0 saturated carbocycles. The Bertz CT molecular complexity index is 2520. The Kier molecular flexibility index (Phi) is 6.14. The fourth-order valence-corrected chi connectivity index (χ4v) is 6.66. The number of hydrogen-bond acceptors (Lipinski definition) is 3. The van der Waals surface area contributed by atoms with Gasteiger partial charge in [-0.2, -0.15) is 0 Å². The number of rotatable bonds is 4. The summed E-state index contributed by atoms with van der Waals surface area (Å²) in [6.45, 7) is 0. The molecule has 9 rings (SSSR count). The van der Waals surface area contributed by atoms with Crippen LogP contribution in [0.2, 0.25) is 0 Å². The molecule has 9 aromatic rings. The summed E-state index contributed by atoms with van der Waals surface area (Å²) in [7, 11) is 0. The van der Waals surface area contributed by atoms with E-state index >= 15 is 0 Å². The summed E-state index contributed by atoms with van der Waals surface area (Å²) in [4.78, 5) is 15.0. The van der Waals surface area contributed by atoms with E-state index in [0.29, 0.717) is 17.5 Å². The summed E-state index contributed by atoms with van der Waals surface area (Å²) in [6.07, 6.45) is 0. The van der Waals surface area contributed by atoms with Crippen LogP contribution in [0.1, 0.15) is 0 Å². The minimum Gasteiger partial charge on any atom is -0.208 e. The van der Waals surface area contributed by atoms with Gasteiger partial charge >= 0.3 is 0 Å². The molecule has 0 spiro atoms. The van der Waals surface area contributed by atoms with Crippen molar-refractivity contribution in [1.82, 2.24) is 15.0 Å². The fourth-order valence-electron chi connectivity index (χ4n) is 6.66. The first-order valence-corrected chi connectivity index (χ1v) is 15.5. The molecule has 8 aromatic carbocycles. The zero-order chi connectivity index (χ0) is 30.5. The first-order chi connectivity index (χ1) is 22.8. The molecule has 0 fully saturated rings. The van der Waals surface area contributed by atoms with Crippen LogP contribution in [0.5, 0.6) is 0 Å². The lowest BCUT2D eigenvalue weighted by molar-refractivity contribution is 1.08. The monoisotopic (exact) mass is 585 g/mol. The number of aromatic nitrogens is 3. The van der Waals surface area contributed by atoms with E-state index in [0.717, 1.165) is 27.5 Å². The molecule has 0 unspecified atom stereocenters. The Morgan fingerprint density at radius 3 is 1.41 bits per heavy atom. The van der Waals surface area contributed by atoms with E-state index in [9.17, 15) is 0 Å². The third kappa shape index (κ3) is 4.41. The SMILES string of the molecule is c1ccc(-c2nc(-c3ccccc3)nc(-c3ccc(-c4ccc5ccc6c7ccccc7ccc6c5c4)c4ccccc34)n2)cc1. The summed E-state index contributed by atoms with van der Waals surface area (Å²) < 4.78 is 0. The van der Waals surface area contributed by atoms with Gasteiger partial charge in [-0.25, -0.2) is 15.0 Å². The normalized spacial score (nSPS) is 11.5. The van der Waals surface area contributed by atoms with Gasteiger partial charge < -0.3 is 0 Å². The zero-order valence-electron chi connectivity index (χ0n) is 24.9. The first kappa shape index (κ1) is 26.2. The number of hydrogen-bond donors (Lipinski definition) is 0. The summed E-state index contributed by atoms with van der Waals surface area (Å²) in [5.41, 5.74) is 5.26. The van der Waals surface area contributed by atoms with Gasteiger partial charge in [0.25, 0.3) is 0 Å². The molecule has 3 heteroatoms. The average molecular weight is 586 g/mol. The molecular weight excluding hydrogens is 558 g/mol. The van der Waals surface area contributed by atoms with E-state index in [1.807, 2.05) is 60.7 Å². The van der Waals surface area contributed by atoms with Gasteiger partial charge in [-0.3, -0.25) is 0 Å². The van der Waals surface area contributed by atoms with Gasteiger partial charge in [-0.05, 0) is 66.3 Å². The van der Waals surface area contributed by atoms with E-state index in [1.165, 1.54) is 43.4 Å². The zero-order valence-corrected chi connectivity index (χ0v) is 24.9. The third-order valence-corrected chi connectivity index (χ3v) is 8.92. The molecule has 214 valence electrons. The highest BCUT2D eigenvalue weighted by Gasteiger charge is 2.16. The van der Waals surface area contributed by atoms with Crippen molar-refractivity contribution in [3.63, 3.8) is 0 Å². The van der Waals surface area contributed by atoms with Crippen LogP contribution < -0.4 is 0 Å². The van der Waals surface area contributed by atoms with Crippen molar-refractivity contribution in [2.24, 2.45) is 0 Å². The maximum Gasteiger partial charge on any atom is 0.164 e. The molecule has 1 heterocycles. The van der Waals surface area contributed by atoms with Gasteiger partial charge in [0.15, 0.2) is 17.5 Å². The Labute approximate surface area is 266 Å². The van der Waals surface area contributed by atoms with Crippen molar-refractivity contribution < 1.29 is 0 Å². The molecule has 0 atom stereocenters. The molecule has 0 aliphatic rings. The predicted octanol–water partition coefficient (Wildman–Crippen LogP) is 11.2. The maximum absolute atomic E-state index is 5.03. The quantitative estimate of drug-likeness (QED) is 0.193. The van der Waals surface area contributed by atoms with Gasteiger partial charge in [-0.15, -0.1) is 0 Å². The van der Waals surface area contributed by atoms with Crippen LogP contribution in [0, 0.1) is 0 Å². The lowest BCUT2D eigenvalue weighted by Crippen LogP contribution is -2.00. The molecule has 46 heavy (non-hydrogen) atoms. The number of benzene rings is 8. The number of fused-ring (bicyclic) bond motifs is 6. The van der Waals surface area contributed by atoms with Gasteiger partial charge in [0.1, 0.15) is 0 Å². The van der Waals surface area contributed by atoms with Crippen LogP contribution in [0.25, 0.3) is 88.4 Å². The summed E-state index contributed by atoms with van der Waals surface area (Å²) in [6, 6.07) is 57.6. The topological polar surface area (TPSA) is 38.7 Å². The summed E-state index contributed by atoms with van der Waals surface area (Å²) in [5, 5.41) is 9.85. The Morgan fingerprint density at radius 2 is 0.739 bits per heavy atom. The van der Waals surface area contributed by atoms with Crippen LogP contribution in [0.3, 0.4) is 0 Å². The van der Waals surface area contributed by atoms with Gasteiger partial charge in [0.05, 0.1) is 0 Å². The van der Waals surface area contributed by atoms with E-state index < -0.39 is 0 Å². The van der Waals surface area contributed by atoms with E-state index in [4.69, 9.17) is 15.0 Å². The summed E-state index contributed by atoms with van der Waals surface area (Å²) in [5.74, 6) is 1.98. The van der Waals surface area contributed by atoms with Crippen molar-refractivity contribution in [3.8, 4) is 45.3 Å². The fraction of sp³-hybridized carbons (Fsp3) is 0. The third-order valence-electron chi connectivity index (χ3n) is 8.92. The van der Waals surface area contributed by atoms with Crippen molar-refractivity contribution >= 4 is 43.1 Å². The second-order valence-electron chi connectivity index (χ2n) is 11.6. The Hall–Kier alpha value is -6.19. The van der Waals surface area contributed by atoms with Crippen LogP contribution in [-0.4, -0.2) is 15.0 Å². The second kappa shape index (κ2) is 10.8. The molecule has 0 N–H and O–H groups in total. The lowest BCUT2D eigenvalue weighted by Gasteiger charge is -2.14. The van der Waals surface area contributed by atoms with Gasteiger partial charge in [-0.1, -0.05) is 152 Å². The standard InChI is InChI=1S/C43H27N3/c1-3-12-30(13-4-1)41-44-42(31-14-5-2-6-15-31)46-43(45-41)39-26-25-34(35-17-9-10-18-36(35)39)32-20-19-29-22-23-37-33-16-8-7-11-28(33)21-24-38(37)40(29)27-32/h1-27H. The van der Waals surface area contributed by atoms with E-state index in [2.05, 4.69) is 103 Å². The van der Waals surface area contributed by atoms with Crippen LogP contribution in [0.15, 0.2) is 164 Å². The minimum atomic E-state index is 0.659. The van der Waals surface area contributed by atoms with E-state index in [1.54, 1.807) is 0 Å². The molecule has 0 radical (unpaired) electrons. The van der Waals surface area contributed by atoms with Crippen molar-refractivity contribution in [1.29, 1.82) is 0 Å². The van der Waals surface area contributed by atoms with Crippen molar-refractivity contribution in [3.05, 3.63) is 164 Å². The van der Waals surface area contributed by atoms with Crippen LogP contribution in [0.4, 0.5) is 0 Å². The largest absolute Gasteiger partial charge is 0.208 e. The molecule has 0 amide bonds. The highest BCUT2D eigenvalue weighted by Crippen LogP contribution is 2.38. The smallest absolute Gasteiger partial charge is 0.164 e. The molecule has 0 saturated heterocycles. The van der Waals surface area contributed by atoms with Crippen LogP contribution in [-0.2, 0) is 0 Å². The predicted molar refractivity (Wildman–Crippen MR) is 192 cm³/mol. The lowest BCUT2D eigenvalue weighted by atomic mass is 9.91. The minimum absolute atomic E-state index is 0.659. The van der Waals surface area contributed by atoms with Gasteiger partial charge in [0, 0.05) is 16.7 Å². The summed E-state index contributed by atoms with van der Waals surface area (Å²) >= 11 is 0. The molecular formula is C43H27N3. The first-order valence-electron chi connectivity index (χ1n) is 15.5.